The average Bonchev–Trinajstić information content (AvgIpc) is 2.94. The van der Waals surface area contributed by atoms with Gasteiger partial charge in [-0.05, 0) is 56.7 Å². The highest BCUT2D eigenvalue weighted by Gasteiger charge is 2.34. The van der Waals surface area contributed by atoms with Crippen molar-refractivity contribution in [2.75, 3.05) is 11.9 Å². The lowest BCUT2D eigenvalue weighted by Crippen LogP contribution is -2.44. The van der Waals surface area contributed by atoms with Gasteiger partial charge in [-0.25, -0.2) is 8.78 Å². The van der Waals surface area contributed by atoms with Crippen LogP contribution in [0.5, 0.6) is 0 Å². The van der Waals surface area contributed by atoms with Gasteiger partial charge in [0.25, 0.3) is 0 Å². The van der Waals surface area contributed by atoms with E-state index in [2.05, 4.69) is 10.6 Å². The quantitative estimate of drug-likeness (QED) is 0.880. The standard InChI is InChI=1S/C17H24F2N2/c1-11-9-14(19)17(10-13(11)18)21-16-7-4-5-12(16)15-6-2-3-8-20-15/h9-10,12,15-16,20-21H,2-8H2,1H3. The second-order valence-corrected chi connectivity index (χ2v) is 6.48. The molecule has 0 spiro atoms. The summed E-state index contributed by atoms with van der Waals surface area (Å²) in [5.74, 6) is -0.172. The van der Waals surface area contributed by atoms with Gasteiger partial charge in [0.2, 0.25) is 0 Å². The molecule has 3 unspecified atom stereocenters. The van der Waals surface area contributed by atoms with E-state index in [4.69, 9.17) is 0 Å². The van der Waals surface area contributed by atoms with Crippen molar-refractivity contribution in [1.29, 1.82) is 0 Å². The molecular formula is C17H24F2N2. The molecule has 0 radical (unpaired) electrons. The molecule has 0 amide bonds. The van der Waals surface area contributed by atoms with Gasteiger partial charge in [0.05, 0.1) is 5.69 Å². The highest BCUT2D eigenvalue weighted by Crippen LogP contribution is 2.34. The molecule has 4 heteroatoms. The first-order chi connectivity index (χ1) is 10.1. The van der Waals surface area contributed by atoms with Crippen molar-refractivity contribution in [3.05, 3.63) is 29.3 Å². The van der Waals surface area contributed by atoms with Crippen LogP contribution in [0.4, 0.5) is 14.5 Å². The maximum atomic E-state index is 14.0. The zero-order valence-electron chi connectivity index (χ0n) is 12.6. The number of nitrogens with one attached hydrogen (secondary N) is 2. The molecule has 2 aliphatic rings. The van der Waals surface area contributed by atoms with Crippen LogP contribution in [-0.4, -0.2) is 18.6 Å². The molecule has 1 aromatic rings. The Morgan fingerprint density at radius 3 is 2.67 bits per heavy atom. The van der Waals surface area contributed by atoms with E-state index in [-0.39, 0.29) is 17.7 Å². The Labute approximate surface area is 125 Å². The zero-order chi connectivity index (χ0) is 14.8. The van der Waals surface area contributed by atoms with Crippen molar-refractivity contribution >= 4 is 5.69 Å². The molecule has 116 valence electrons. The molecule has 1 saturated carbocycles. The van der Waals surface area contributed by atoms with E-state index >= 15 is 0 Å². The summed E-state index contributed by atoms with van der Waals surface area (Å²) in [6.45, 7) is 2.67. The van der Waals surface area contributed by atoms with Crippen molar-refractivity contribution in [3.8, 4) is 0 Å². The van der Waals surface area contributed by atoms with E-state index in [1.807, 2.05) is 0 Å². The number of anilines is 1. The summed E-state index contributed by atoms with van der Waals surface area (Å²) >= 11 is 0. The number of piperidine rings is 1. The van der Waals surface area contributed by atoms with Crippen LogP contribution >= 0.6 is 0 Å². The Bertz CT molecular complexity index is 498. The van der Waals surface area contributed by atoms with Gasteiger partial charge in [0.15, 0.2) is 0 Å². The van der Waals surface area contributed by atoms with Crippen LogP contribution in [0.25, 0.3) is 0 Å². The van der Waals surface area contributed by atoms with E-state index < -0.39 is 0 Å². The van der Waals surface area contributed by atoms with Crippen LogP contribution in [0.1, 0.15) is 44.1 Å². The van der Waals surface area contributed by atoms with Gasteiger partial charge in [0.1, 0.15) is 11.6 Å². The number of aryl methyl sites for hydroxylation is 1. The van der Waals surface area contributed by atoms with E-state index in [0.717, 1.165) is 19.4 Å². The lowest BCUT2D eigenvalue weighted by Gasteiger charge is -2.33. The zero-order valence-corrected chi connectivity index (χ0v) is 12.6. The summed E-state index contributed by atoms with van der Waals surface area (Å²) in [6.07, 6.45) is 7.10. The molecule has 1 aliphatic carbocycles. The molecule has 0 aromatic heterocycles. The summed E-state index contributed by atoms with van der Waals surface area (Å²) in [7, 11) is 0. The van der Waals surface area contributed by atoms with Crippen LogP contribution in [0.15, 0.2) is 12.1 Å². The second kappa shape index (κ2) is 6.30. The Hall–Kier alpha value is -1.16. The van der Waals surface area contributed by atoms with Crippen LogP contribution in [0.2, 0.25) is 0 Å². The number of hydrogen-bond acceptors (Lipinski definition) is 2. The fourth-order valence-corrected chi connectivity index (χ4v) is 3.85. The van der Waals surface area contributed by atoms with Crippen LogP contribution < -0.4 is 10.6 Å². The molecule has 0 bridgehead atoms. The smallest absolute Gasteiger partial charge is 0.146 e. The third-order valence-electron chi connectivity index (χ3n) is 5.02. The molecule has 1 aliphatic heterocycles. The van der Waals surface area contributed by atoms with Gasteiger partial charge in [-0.1, -0.05) is 12.8 Å². The minimum absolute atomic E-state index is 0.247. The van der Waals surface area contributed by atoms with Crippen molar-refractivity contribution in [3.63, 3.8) is 0 Å². The number of hydrogen-bond donors (Lipinski definition) is 2. The van der Waals surface area contributed by atoms with Gasteiger partial charge < -0.3 is 10.6 Å². The monoisotopic (exact) mass is 294 g/mol. The summed E-state index contributed by atoms with van der Waals surface area (Å²) in [6, 6.07) is 3.35. The van der Waals surface area contributed by atoms with Gasteiger partial charge in [-0.15, -0.1) is 0 Å². The van der Waals surface area contributed by atoms with Gasteiger partial charge in [-0.3, -0.25) is 0 Å². The normalized spacial score (nSPS) is 29.6. The van der Waals surface area contributed by atoms with Crippen molar-refractivity contribution in [1.82, 2.24) is 5.32 Å². The largest absolute Gasteiger partial charge is 0.380 e. The summed E-state index contributed by atoms with van der Waals surface area (Å²) in [5, 5.41) is 6.87. The summed E-state index contributed by atoms with van der Waals surface area (Å²) in [4.78, 5) is 0. The third kappa shape index (κ3) is 3.20. The van der Waals surface area contributed by atoms with E-state index in [9.17, 15) is 8.78 Å². The van der Waals surface area contributed by atoms with Crippen LogP contribution in [0.3, 0.4) is 0 Å². The van der Waals surface area contributed by atoms with Crippen molar-refractivity contribution < 1.29 is 8.78 Å². The molecule has 3 atom stereocenters. The average molecular weight is 294 g/mol. The molecule has 21 heavy (non-hydrogen) atoms. The van der Waals surface area contributed by atoms with Crippen LogP contribution in [0, 0.1) is 24.5 Å². The maximum Gasteiger partial charge on any atom is 0.146 e. The van der Waals surface area contributed by atoms with Gasteiger partial charge in [0, 0.05) is 18.2 Å². The highest BCUT2D eigenvalue weighted by molar-refractivity contribution is 5.48. The Balaban J connectivity index is 1.72. The van der Waals surface area contributed by atoms with E-state index in [0.29, 0.717) is 23.2 Å². The number of rotatable bonds is 3. The molecule has 2 nitrogen and oxygen atoms in total. The Morgan fingerprint density at radius 1 is 1.05 bits per heavy atom. The van der Waals surface area contributed by atoms with Gasteiger partial charge in [-0.2, -0.15) is 0 Å². The molecule has 1 heterocycles. The lowest BCUT2D eigenvalue weighted by atomic mass is 9.88. The highest BCUT2D eigenvalue weighted by atomic mass is 19.1. The fraction of sp³-hybridized carbons (Fsp3) is 0.647. The number of halogens is 2. The predicted octanol–water partition coefficient (Wildman–Crippen LogP) is 4.00. The SMILES string of the molecule is Cc1cc(F)c(NC2CCCC2C2CCCCN2)cc1F. The van der Waals surface area contributed by atoms with Crippen LogP contribution in [-0.2, 0) is 0 Å². The van der Waals surface area contributed by atoms with Crippen molar-refractivity contribution in [2.24, 2.45) is 5.92 Å². The van der Waals surface area contributed by atoms with E-state index in [1.165, 1.54) is 37.8 Å². The number of benzene rings is 1. The van der Waals surface area contributed by atoms with E-state index in [1.54, 1.807) is 6.92 Å². The topological polar surface area (TPSA) is 24.1 Å². The predicted molar refractivity (Wildman–Crippen MR) is 81.5 cm³/mol. The first-order valence-electron chi connectivity index (χ1n) is 8.10. The lowest BCUT2D eigenvalue weighted by molar-refractivity contribution is 0.286. The summed E-state index contributed by atoms with van der Waals surface area (Å²) < 4.78 is 27.7. The molecule has 2 N–H and O–H groups in total. The third-order valence-corrected chi connectivity index (χ3v) is 5.02. The summed E-state index contributed by atoms with van der Waals surface area (Å²) in [5.41, 5.74) is 0.667. The molecule has 3 rings (SSSR count). The van der Waals surface area contributed by atoms with Gasteiger partial charge >= 0.3 is 0 Å². The Morgan fingerprint density at radius 2 is 1.90 bits per heavy atom. The molecule has 2 fully saturated rings. The first kappa shape index (κ1) is 14.8. The second-order valence-electron chi connectivity index (χ2n) is 6.48. The minimum Gasteiger partial charge on any atom is -0.380 e. The molecule has 1 saturated heterocycles. The Kier molecular flexibility index (Phi) is 4.43. The van der Waals surface area contributed by atoms with Crippen molar-refractivity contribution in [2.45, 2.75) is 57.5 Å². The fourth-order valence-electron chi connectivity index (χ4n) is 3.85. The minimum atomic E-state index is -0.351. The first-order valence-corrected chi connectivity index (χ1v) is 8.10. The maximum absolute atomic E-state index is 14.0. The molecular weight excluding hydrogens is 270 g/mol. The molecule has 1 aromatic carbocycles.